The summed E-state index contributed by atoms with van der Waals surface area (Å²) in [5, 5.41) is 0.382. The summed E-state index contributed by atoms with van der Waals surface area (Å²) in [5.74, 6) is 0. The van der Waals surface area contributed by atoms with Crippen molar-refractivity contribution in [1.29, 1.82) is 0 Å². The van der Waals surface area contributed by atoms with Gasteiger partial charge in [0, 0.05) is 17.6 Å². The van der Waals surface area contributed by atoms with Crippen LogP contribution in [0.3, 0.4) is 0 Å². The highest BCUT2D eigenvalue weighted by atomic mass is 35.5. The van der Waals surface area contributed by atoms with E-state index in [0.29, 0.717) is 14.2 Å². The zero-order valence-electron chi connectivity index (χ0n) is 11.0. The fraction of sp³-hybridized carbons (Fsp3) is 0.231. The van der Waals surface area contributed by atoms with E-state index in [9.17, 15) is 22.8 Å². The first-order valence-electron chi connectivity index (χ1n) is 5.80. The molecule has 4 nitrogen and oxygen atoms in total. The van der Waals surface area contributed by atoms with Crippen LogP contribution in [0.2, 0.25) is 5.02 Å². The molecular weight excluding hydrogens is 309 g/mol. The Bertz CT molecular complexity index is 767. The molecule has 1 heterocycles. The second-order valence-electron chi connectivity index (χ2n) is 4.43. The van der Waals surface area contributed by atoms with E-state index >= 15 is 0 Å². The summed E-state index contributed by atoms with van der Waals surface area (Å²) in [4.78, 5) is 24.2. The van der Waals surface area contributed by atoms with Gasteiger partial charge in [0.25, 0.3) is 5.56 Å². The van der Waals surface area contributed by atoms with Gasteiger partial charge in [-0.1, -0.05) is 11.6 Å². The molecule has 0 fully saturated rings. The van der Waals surface area contributed by atoms with Crippen molar-refractivity contribution in [3.63, 3.8) is 0 Å². The van der Waals surface area contributed by atoms with Crippen LogP contribution in [0.25, 0.3) is 5.69 Å². The molecule has 1 aromatic heterocycles. The highest BCUT2D eigenvalue weighted by Gasteiger charge is 2.37. The van der Waals surface area contributed by atoms with E-state index in [4.69, 9.17) is 11.6 Å². The quantitative estimate of drug-likeness (QED) is 0.811. The van der Waals surface area contributed by atoms with Crippen LogP contribution in [0.1, 0.15) is 11.3 Å². The molecule has 8 heteroatoms. The maximum Gasteiger partial charge on any atom is 0.432 e. The number of aromatic nitrogens is 2. The monoisotopic (exact) mass is 318 g/mol. The second kappa shape index (κ2) is 5.07. The second-order valence-corrected chi connectivity index (χ2v) is 4.87. The average molecular weight is 319 g/mol. The number of hydrogen-bond acceptors (Lipinski definition) is 2. The summed E-state index contributed by atoms with van der Waals surface area (Å²) in [6.45, 7) is 1.04. The third-order valence-electron chi connectivity index (χ3n) is 3.05. The zero-order chi connectivity index (χ0) is 15.9. The lowest BCUT2D eigenvalue weighted by Crippen LogP contribution is -2.42. The van der Waals surface area contributed by atoms with E-state index in [0.717, 1.165) is 14.0 Å². The zero-order valence-corrected chi connectivity index (χ0v) is 11.8. The van der Waals surface area contributed by atoms with Crippen molar-refractivity contribution in [2.45, 2.75) is 13.1 Å². The van der Waals surface area contributed by atoms with Crippen molar-refractivity contribution in [2.24, 2.45) is 7.05 Å². The third-order valence-corrected chi connectivity index (χ3v) is 3.30. The molecule has 0 aliphatic rings. The van der Waals surface area contributed by atoms with Crippen molar-refractivity contribution in [1.82, 2.24) is 9.13 Å². The van der Waals surface area contributed by atoms with Crippen LogP contribution in [-0.2, 0) is 13.2 Å². The normalized spacial score (nSPS) is 11.7. The summed E-state index contributed by atoms with van der Waals surface area (Å²) >= 11 is 5.71. The molecule has 112 valence electrons. The van der Waals surface area contributed by atoms with Crippen LogP contribution in [-0.4, -0.2) is 9.13 Å². The lowest BCUT2D eigenvalue weighted by Gasteiger charge is -2.16. The van der Waals surface area contributed by atoms with Crippen molar-refractivity contribution >= 4 is 11.6 Å². The van der Waals surface area contributed by atoms with Crippen molar-refractivity contribution in [3.8, 4) is 5.69 Å². The molecule has 0 atom stereocenters. The Kier molecular flexibility index (Phi) is 3.71. The molecule has 0 N–H and O–H groups in total. The molecule has 0 saturated heterocycles. The molecule has 0 spiro atoms. The predicted molar refractivity (Wildman–Crippen MR) is 72.0 cm³/mol. The van der Waals surface area contributed by atoms with E-state index in [-0.39, 0.29) is 5.69 Å². The Labute approximate surface area is 122 Å². The summed E-state index contributed by atoms with van der Waals surface area (Å²) in [5.41, 5.74) is -3.71. The Morgan fingerprint density at radius 1 is 1.10 bits per heavy atom. The molecule has 0 amide bonds. The standard InChI is InChI=1S/C13H10ClF3N2O2/c1-7-10(13(15,16)17)18(2)12(21)19(11(7)20)9-5-3-8(14)4-6-9/h3-6H,1-2H3. The number of nitrogens with zero attached hydrogens (tertiary/aromatic N) is 2. The van der Waals surface area contributed by atoms with Gasteiger partial charge in [0.05, 0.1) is 5.69 Å². The van der Waals surface area contributed by atoms with E-state index < -0.39 is 28.7 Å². The SMILES string of the molecule is Cc1c(C(F)(F)F)n(C)c(=O)n(-c2ccc(Cl)cc2)c1=O. The summed E-state index contributed by atoms with van der Waals surface area (Å²) in [6, 6.07) is 5.65. The number of benzene rings is 1. The molecular formula is C13H10ClF3N2O2. The molecule has 2 aromatic rings. The molecule has 0 saturated carbocycles. The van der Waals surface area contributed by atoms with Crippen molar-refractivity contribution in [3.05, 3.63) is 61.4 Å². The Hall–Kier alpha value is -2.02. The van der Waals surface area contributed by atoms with Gasteiger partial charge in [-0.15, -0.1) is 0 Å². The summed E-state index contributed by atoms with van der Waals surface area (Å²) < 4.78 is 39.9. The molecule has 0 aliphatic carbocycles. The van der Waals surface area contributed by atoms with Crippen LogP contribution in [0.5, 0.6) is 0 Å². The van der Waals surface area contributed by atoms with Gasteiger partial charge in [-0.3, -0.25) is 9.36 Å². The van der Waals surface area contributed by atoms with Crippen LogP contribution in [0, 0.1) is 6.92 Å². The third kappa shape index (κ3) is 2.61. The first-order chi connectivity index (χ1) is 9.64. The topological polar surface area (TPSA) is 44.0 Å². The molecule has 0 bridgehead atoms. The smallest absolute Gasteiger partial charge is 0.292 e. The fourth-order valence-electron chi connectivity index (χ4n) is 2.07. The molecule has 0 aliphatic heterocycles. The van der Waals surface area contributed by atoms with Gasteiger partial charge in [0.15, 0.2) is 0 Å². The highest BCUT2D eigenvalue weighted by molar-refractivity contribution is 6.30. The minimum Gasteiger partial charge on any atom is -0.292 e. The van der Waals surface area contributed by atoms with E-state index in [1.165, 1.54) is 24.3 Å². The lowest BCUT2D eigenvalue weighted by atomic mass is 10.2. The largest absolute Gasteiger partial charge is 0.432 e. The highest BCUT2D eigenvalue weighted by Crippen LogP contribution is 2.29. The fourth-order valence-corrected chi connectivity index (χ4v) is 2.20. The van der Waals surface area contributed by atoms with Crippen molar-refractivity contribution in [2.75, 3.05) is 0 Å². The summed E-state index contributed by atoms with van der Waals surface area (Å²) in [6.07, 6.45) is -4.78. The summed E-state index contributed by atoms with van der Waals surface area (Å²) in [7, 11) is 0.976. The Morgan fingerprint density at radius 2 is 1.62 bits per heavy atom. The molecule has 2 rings (SSSR count). The maximum atomic E-state index is 12.9. The van der Waals surface area contributed by atoms with Crippen LogP contribution >= 0.6 is 11.6 Å². The van der Waals surface area contributed by atoms with Crippen molar-refractivity contribution < 1.29 is 13.2 Å². The number of alkyl halides is 3. The van der Waals surface area contributed by atoms with E-state index in [2.05, 4.69) is 0 Å². The molecule has 21 heavy (non-hydrogen) atoms. The molecule has 0 unspecified atom stereocenters. The average Bonchev–Trinajstić information content (AvgIpc) is 2.37. The van der Waals surface area contributed by atoms with E-state index in [1.54, 1.807) is 0 Å². The van der Waals surface area contributed by atoms with Crippen LogP contribution < -0.4 is 11.2 Å². The Morgan fingerprint density at radius 3 is 2.10 bits per heavy atom. The first-order valence-corrected chi connectivity index (χ1v) is 6.18. The molecule has 1 aromatic carbocycles. The lowest BCUT2D eigenvalue weighted by molar-refractivity contribution is -0.144. The van der Waals surface area contributed by atoms with Gasteiger partial charge < -0.3 is 0 Å². The number of hydrogen-bond donors (Lipinski definition) is 0. The van der Waals surface area contributed by atoms with E-state index in [1.807, 2.05) is 0 Å². The maximum absolute atomic E-state index is 12.9. The molecule has 0 radical (unpaired) electrons. The van der Waals surface area contributed by atoms with Gasteiger partial charge in [0.1, 0.15) is 5.69 Å². The van der Waals surface area contributed by atoms with Gasteiger partial charge in [-0.05, 0) is 31.2 Å². The van der Waals surface area contributed by atoms with Gasteiger partial charge in [-0.2, -0.15) is 13.2 Å². The van der Waals surface area contributed by atoms with Crippen LogP contribution in [0.4, 0.5) is 13.2 Å². The van der Waals surface area contributed by atoms with Gasteiger partial charge in [-0.25, -0.2) is 9.36 Å². The minimum absolute atomic E-state index is 0.154. The van der Waals surface area contributed by atoms with Crippen LogP contribution in [0.15, 0.2) is 33.9 Å². The van der Waals surface area contributed by atoms with Gasteiger partial charge >= 0.3 is 11.9 Å². The minimum atomic E-state index is -4.78. The number of rotatable bonds is 1. The van der Waals surface area contributed by atoms with Gasteiger partial charge in [0.2, 0.25) is 0 Å². The first kappa shape index (κ1) is 15.4. The predicted octanol–water partition coefficient (Wildman–Crippen LogP) is 2.52. The number of halogens is 4. The Balaban J connectivity index is 2.86.